The third kappa shape index (κ3) is 3.42. The smallest absolute Gasteiger partial charge is 0.254 e. The van der Waals surface area contributed by atoms with Crippen LogP contribution in [-0.2, 0) is 14.2 Å². The van der Waals surface area contributed by atoms with Crippen LogP contribution in [-0.4, -0.2) is 62.0 Å². The molecule has 0 aliphatic carbocycles. The lowest BCUT2D eigenvalue weighted by Gasteiger charge is -2.43. The van der Waals surface area contributed by atoms with Crippen molar-refractivity contribution in [1.82, 2.24) is 4.90 Å². The van der Waals surface area contributed by atoms with Crippen LogP contribution in [0, 0.1) is 6.92 Å². The first-order valence-corrected chi connectivity index (χ1v) is 8.30. The van der Waals surface area contributed by atoms with Crippen LogP contribution < -0.4 is 0 Å². The summed E-state index contributed by atoms with van der Waals surface area (Å²) in [5.74, 6) is 0.0639. The van der Waals surface area contributed by atoms with Crippen LogP contribution in [0.25, 0.3) is 0 Å². The van der Waals surface area contributed by atoms with Crippen molar-refractivity contribution in [2.75, 3.05) is 39.6 Å². The zero-order chi connectivity index (χ0) is 16.3. The topological polar surface area (TPSA) is 48.0 Å². The van der Waals surface area contributed by atoms with Crippen molar-refractivity contribution in [2.45, 2.75) is 31.9 Å². The molecule has 2 aliphatic rings. The SMILES string of the molecule is CCOCC1CC2(COCCN2C(=O)c2ccc(C)cc2)CO1. The number of carbonyl (C=O) groups excluding carboxylic acids is 1. The molecule has 0 N–H and O–H groups in total. The maximum Gasteiger partial charge on any atom is 0.254 e. The third-order valence-electron chi connectivity index (χ3n) is 4.65. The fourth-order valence-electron chi connectivity index (χ4n) is 3.36. The van der Waals surface area contributed by atoms with E-state index < -0.39 is 0 Å². The van der Waals surface area contributed by atoms with E-state index in [2.05, 4.69) is 0 Å². The monoisotopic (exact) mass is 319 g/mol. The van der Waals surface area contributed by atoms with Crippen LogP contribution in [0.2, 0.25) is 0 Å². The van der Waals surface area contributed by atoms with Gasteiger partial charge in [-0.1, -0.05) is 17.7 Å². The van der Waals surface area contributed by atoms with Gasteiger partial charge in [-0.2, -0.15) is 0 Å². The van der Waals surface area contributed by atoms with E-state index in [1.807, 2.05) is 43.0 Å². The Bertz CT molecular complexity index is 544. The molecule has 2 unspecified atom stereocenters. The minimum atomic E-state index is -0.359. The number of hydrogen-bond acceptors (Lipinski definition) is 4. The van der Waals surface area contributed by atoms with Crippen LogP contribution in [0.3, 0.4) is 0 Å². The van der Waals surface area contributed by atoms with Crippen molar-refractivity contribution < 1.29 is 19.0 Å². The Morgan fingerprint density at radius 3 is 2.87 bits per heavy atom. The number of hydrogen-bond donors (Lipinski definition) is 0. The molecule has 1 aromatic rings. The lowest BCUT2D eigenvalue weighted by atomic mass is 9.92. The van der Waals surface area contributed by atoms with E-state index in [4.69, 9.17) is 14.2 Å². The van der Waals surface area contributed by atoms with E-state index in [1.165, 1.54) is 0 Å². The van der Waals surface area contributed by atoms with Crippen molar-refractivity contribution >= 4 is 5.91 Å². The summed E-state index contributed by atoms with van der Waals surface area (Å²) < 4.78 is 17.0. The molecule has 0 saturated carbocycles. The molecule has 1 amide bonds. The first kappa shape index (κ1) is 16.4. The average molecular weight is 319 g/mol. The fourth-order valence-corrected chi connectivity index (χ4v) is 3.36. The highest BCUT2D eigenvalue weighted by Gasteiger charge is 2.49. The van der Waals surface area contributed by atoms with E-state index >= 15 is 0 Å². The van der Waals surface area contributed by atoms with E-state index in [1.54, 1.807) is 0 Å². The van der Waals surface area contributed by atoms with Crippen molar-refractivity contribution in [3.05, 3.63) is 35.4 Å². The molecule has 2 atom stereocenters. The summed E-state index contributed by atoms with van der Waals surface area (Å²) in [6.07, 6.45) is 0.801. The molecular weight excluding hydrogens is 294 g/mol. The highest BCUT2D eigenvalue weighted by molar-refractivity contribution is 5.95. The van der Waals surface area contributed by atoms with Crippen LogP contribution in [0.4, 0.5) is 0 Å². The molecule has 2 fully saturated rings. The van der Waals surface area contributed by atoms with Gasteiger partial charge in [0, 0.05) is 25.1 Å². The number of ether oxygens (including phenoxy) is 3. The van der Waals surface area contributed by atoms with Gasteiger partial charge in [0.25, 0.3) is 5.91 Å². The van der Waals surface area contributed by atoms with Gasteiger partial charge in [0.05, 0.1) is 38.1 Å². The number of amides is 1. The minimum absolute atomic E-state index is 0.0324. The van der Waals surface area contributed by atoms with E-state index in [0.29, 0.717) is 39.6 Å². The second-order valence-corrected chi connectivity index (χ2v) is 6.40. The van der Waals surface area contributed by atoms with Gasteiger partial charge in [0.2, 0.25) is 0 Å². The summed E-state index contributed by atoms with van der Waals surface area (Å²) in [4.78, 5) is 14.9. The van der Waals surface area contributed by atoms with E-state index in [0.717, 1.165) is 17.5 Å². The Labute approximate surface area is 137 Å². The second-order valence-electron chi connectivity index (χ2n) is 6.40. The molecule has 1 aromatic carbocycles. The second kappa shape index (κ2) is 6.99. The summed E-state index contributed by atoms with van der Waals surface area (Å²) >= 11 is 0. The molecule has 23 heavy (non-hydrogen) atoms. The van der Waals surface area contributed by atoms with Gasteiger partial charge in [0.1, 0.15) is 0 Å². The normalized spacial score (nSPS) is 27.6. The first-order chi connectivity index (χ1) is 11.1. The molecule has 5 heteroatoms. The minimum Gasteiger partial charge on any atom is -0.379 e. The van der Waals surface area contributed by atoms with E-state index in [9.17, 15) is 4.79 Å². The molecular formula is C18H25NO4. The molecule has 2 saturated heterocycles. The highest BCUT2D eigenvalue weighted by Crippen LogP contribution is 2.34. The molecule has 2 heterocycles. The molecule has 0 aromatic heterocycles. The molecule has 126 valence electrons. The maximum atomic E-state index is 13.0. The van der Waals surface area contributed by atoms with Crippen molar-refractivity contribution in [3.8, 4) is 0 Å². The first-order valence-electron chi connectivity index (χ1n) is 8.30. The highest BCUT2D eigenvalue weighted by atomic mass is 16.5. The number of carbonyl (C=O) groups is 1. The maximum absolute atomic E-state index is 13.0. The summed E-state index contributed by atoms with van der Waals surface area (Å²) in [5.41, 5.74) is 1.52. The Hall–Kier alpha value is -1.43. The Kier molecular flexibility index (Phi) is 4.99. The van der Waals surface area contributed by atoms with Gasteiger partial charge < -0.3 is 19.1 Å². The molecule has 3 rings (SSSR count). The Morgan fingerprint density at radius 2 is 2.13 bits per heavy atom. The van der Waals surface area contributed by atoms with Gasteiger partial charge in [-0.25, -0.2) is 0 Å². The standard InChI is InChI=1S/C18H25NO4/c1-3-21-11-16-10-18(13-23-16)12-22-9-8-19(18)17(20)15-6-4-14(2)5-7-15/h4-7,16H,3,8-13H2,1-2H3. The largest absolute Gasteiger partial charge is 0.379 e. The van der Waals surface area contributed by atoms with Gasteiger partial charge in [-0.15, -0.1) is 0 Å². The van der Waals surface area contributed by atoms with Crippen molar-refractivity contribution in [2.24, 2.45) is 0 Å². The molecule has 0 radical (unpaired) electrons. The summed E-state index contributed by atoms with van der Waals surface area (Å²) in [6, 6.07) is 7.75. The van der Waals surface area contributed by atoms with Crippen molar-refractivity contribution in [1.29, 1.82) is 0 Å². The Morgan fingerprint density at radius 1 is 1.35 bits per heavy atom. The van der Waals surface area contributed by atoms with Gasteiger partial charge in [-0.3, -0.25) is 4.79 Å². The zero-order valence-corrected chi connectivity index (χ0v) is 13.9. The molecule has 2 aliphatic heterocycles. The summed E-state index contributed by atoms with van der Waals surface area (Å²) in [7, 11) is 0. The third-order valence-corrected chi connectivity index (χ3v) is 4.65. The molecule has 0 bridgehead atoms. The lowest BCUT2D eigenvalue weighted by Crippen LogP contribution is -2.59. The van der Waals surface area contributed by atoms with Gasteiger partial charge in [-0.05, 0) is 26.0 Å². The zero-order valence-electron chi connectivity index (χ0n) is 13.9. The van der Waals surface area contributed by atoms with E-state index in [-0.39, 0.29) is 17.6 Å². The predicted molar refractivity (Wildman–Crippen MR) is 86.6 cm³/mol. The van der Waals surface area contributed by atoms with Crippen LogP contribution in [0.5, 0.6) is 0 Å². The Balaban J connectivity index is 1.76. The average Bonchev–Trinajstić information content (AvgIpc) is 2.97. The summed E-state index contributed by atoms with van der Waals surface area (Å²) in [5, 5.41) is 0. The van der Waals surface area contributed by atoms with Crippen LogP contribution in [0.1, 0.15) is 29.3 Å². The number of rotatable bonds is 4. The molecule has 1 spiro atoms. The van der Waals surface area contributed by atoms with Gasteiger partial charge in [0.15, 0.2) is 0 Å². The quantitative estimate of drug-likeness (QED) is 0.852. The number of aryl methyl sites for hydroxylation is 1. The van der Waals surface area contributed by atoms with Crippen LogP contribution >= 0.6 is 0 Å². The number of nitrogens with zero attached hydrogens (tertiary/aromatic N) is 1. The molecule has 5 nitrogen and oxygen atoms in total. The lowest BCUT2D eigenvalue weighted by molar-refractivity contribution is -0.0559. The predicted octanol–water partition coefficient (Wildman–Crippen LogP) is 2.03. The summed E-state index contributed by atoms with van der Waals surface area (Å²) in [6.45, 7) is 7.48. The fraction of sp³-hybridized carbons (Fsp3) is 0.611. The van der Waals surface area contributed by atoms with Crippen molar-refractivity contribution in [3.63, 3.8) is 0 Å². The number of morpholine rings is 1. The van der Waals surface area contributed by atoms with Gasteiger partial charge >= 0.3 is 0 Å². The van der Waals surface area contributed by atoms with Crippen LogP contribution in [0.15, 0.2) is 24.3 Å². The number of benzene rings is 1.